The van der Waals surface area contributed by atoms with Crippen LogP contribution in [0.25, 0.3) is 11.6 Å². The highest BCUT2D eigenvalue weighted by Crippen LogP contribution is 2.38. The number of aromatic hydroxyl groups is 1. The number of aliphatic hydroxyl groups is 2. The maximum absolute atomic E-state index is 14.3. The molecule has 0 saturated carbocycles. The highest BCUT2D eigenvalue weighted by molar-refractivity contribution is 6.31. The lowest BCUT2D eigenvalue weighted by Gasteiger charge is -2.21. The minimum Gasteiger partial charge on any atom is -0.493 e. The van der Waals surface area contributed by atoms with Crippen LogP contribution in [0.5, 0.6) is 5.88 Å². The van der Waals surface area contributed by atoms with Gasteiger partial charge >= 0.3 is 5.69 Å². The van der Waals surface area contributed by atoms with Crippen LogP contribution in [-0.2, 0) is 4.79 Å². The summed E-state index contributed by atoms with van der Waals surface area (Å²) in [7, 11) is 0. The Balaban J connectivity index is 1.80. The van der Waals surface area contributed by atoms with Crippen molar-refractivity contribution in [2.75, 3.05) is 13.2 Å². The van der Waals surface area contributed by atoms with Crippen LogP contribution in [0.15, 0.2) is 46.2 Å². The third kappa shape index (κ3) is 4.52. The van der Waals surface area contributed by atoms with E-state index in [9.17, 15) is 29.3 Å². The molecule has 1 aliphatic rings. The maximum Gasteiger partial charge on any atom is 0.329 e. The Morgan fingerprint density at radius 3 is 2.58 bits per heavy atom. The average molecular weight is 512 g/mol. The van der Waals surface area contributed by atoms with E-state index in [-0.39, 0.29) is 22.0 Å². The first-order valence-corrected chi connectivity index (χ1v) is 11.0. The summed E-state index contributed by atoms with van der Waals surface area (Å²) in [5.74, 6) is -2.10. The Kier molecular flexibility index (Phi) is 7.03. The number of allylic oxidation sites excluding steroid dienone is 1. The molecule has 10 nitrogen and oxygen atoms in total. The van der Waals surface area contributed by atoms with Crippen molar-refractivity contribution >= 4 is 41.1 Å². The van der Waals surface area contributed by atoms with E-state index in [1.54, 1.807) is 6.07 Å². The van der Waals surface area contributed by atoms with E-state index in [0.29, 0.717) is 16.7 Å². The van der Waals surface area contributed by atoms with E-state index in [0.717, 1.165) is 4.57 Å². The molecule has 0 spiro atoms. The first-order chi connectivity index (χ1) is 17.3. The summed E-state index contributed by atoms with van der Waals surface area (Å²) in [5, 5.41) is 41.1. The third-order valence-corrected chi connectivity index (χ3v) is 5.88. The fourth-order valence-electron chi connectivity index (χ4n) is 3.76. The van der Waals surface area contributed by atoms with Gasteiger partial charge in [0.2, 0.25) is 11.8 Å². The van der Waals surface area contributed by atoms with Crippen LogP contribution in [0.2, 0.25) is 5.02 Å². The highest BCUT2D eigenvalue weighted by Gasteiger charge is 2.30. The molecule has 12 heteroatoms. The van der Waals surface area contributed by atoms with Crippen LogP contribution in [0, 0.1) is 17.1 Å². The zero-order valence-corrected chi connectivity index (χ0v) is 19.2. The summed E-state index contributed by atoms with van der Waals surface area (Å²) in [6, 6.07) is 8.19. The molecular weight excluding hydrogens is 493 g/mol. The monoisotopic (exact) mass is 511 g/mol. The van der Waals surface area contributed by atoms with E-state index < -0.39 is 48.6 Å². The molecule has 184 valence electrons. The molecule has 2 heterocycles. The second-order valence-electron chi connectivity index (χ2n) is 7.86. The predicted molar refractivity (Wildman–Crippen MR) is 130 cm³/mol. The van der Waals surface area contributed by atoms with Crippen molar-refractivity contribution in [1.29, 1.82) is 5.26 Å². The minimum absolute atomic E-state index is 0.0175. The van der Waals surface area contributed by atoms with Gasteiger partial charge in [0, 0.05) is 17.4 Å². The maximum atomic E-state index is 14.3. The lowest BCUT2D eigenvalue weighted by atomic mass is 10.0. The Labute approximate surface area is 208 Å². The number of nitriles is 1. The number of rotatable bonds is 7. The van der Waals surface area contributed by atoms with Crippen LogP contribution in [0.1, 0.15) is 28.4 Å². The molecule has 1 aliphatic heterocycles. The van der Waals surface area contributed by atoms with Gasteiger partial charge in [0.25, 0.3) is 0 Å². The summed E-state index contributed by atoms with van der Waals surface area (Å²) in [5.41, 5.74) is 0.432. The second-order valence-corrected chi connectivity index (χ2v) is 8.27. The number of aliphatic imine (C=N–C) groups is 1. The van der Waals surface area contributed by atoms with Crippen LogP contribution in [-0.4, -0.2) is 56.2 Å². The van der Waals surface area contributed by atoms with E-state index in [1.807, 2.05) is 6.07 Å². The average Bonchev–Trinajstić information content (AvgIpc) is 3.41. The molecule has 5 N–H and O–H groups in total. The van der Waals surface area contributed by atoms with Crippen LogP contribution < -0.4 is 11.0 Å². The Morgan fingerprint density at radius 1 is 1.25 bits per heavy atom. The lowest BCUT2D eigenvalue weighted by molar-refractivity contribution is -0.124. The molecule has 0 radical (unpaired) electrons. The molecule has 0 saturated heterocycles. The van der Waals surface area contributed by atoms with Crippen molar-refractivity contribution < 1.29 is 24.5 Å². The van der Waals surface area contributed by atoms with Crippen LogP contribution in [0.3, 0.4) is 0 Å². The number of fused-ring (bicyclic) bond motifs is 1. The molecule has 1 aromatic heterocycles. The van der Waals surface area contributed by atoms with Crippen molar-refractivity contribution in [2.45, 2.75) is 12.1 Å². The van der Waals surface area contributed by atoms with Gasteiger partial charge in [-0.05, 0) is 29.8 Å². The standard InChI is InChI=1S/C24H19ClFN5O5/c25-17-6-5-16-14(9-28-20(16)19(17)26)7-18-23(35)31(24(36)30-18)21(22(34)29-15(10-32)11-33)13-3-1-12(8-27)2-4-13/h1-7,9,15,21,32-33,35H,10-11H2,(H,29,34)(H,30,36). The van der Waals surface area contributed by atoms with Gasteiger partial charge in [-0.3, -0.25) is 9.79 Å². The van der Waals surface area contributed by atoms with Crippen molar-refractivity contribution in [3.63, 3.8) is 0 Å². The quantitative estimate of drug-likeness (QED) is 0.325. The van der Waals surface area contributed by atoms with Crippen molar-refractivity contribution in [3.05, 3.63) is 80.1 Å². The topological polar surface area (TPSA) is 164 Å². The Bertz CT molecular complexity index is 1480. The number of aromatic nitrogens is 2. The number of imidazole rings is 1. The number of aliphatic hydroxyl groups excluding tert-OH is 2. The van der Waals surface area contributed by atoms with Gasteiger partial charge in [0.15, 0.2) is 5.82 Å². The van der Waals surface area contributed by atoms with Gasteiger partial charge in [0.1, 0.15) is 17.4 Å². The predicted octanol–water partition coefficient (Wildman–Crippen LogP) is 1.86. The van der Waals surface area contributed by atoms with Gasteiger partial charge < -0.3 is 25.6 Å². The summed E-state index contributed by atoms with van der Waals surface area (Å²) in [6.45, 7) is -1.12. The van der Waals surface area contributed by atoms with Gasteiger partial charge in [-0.25, -0.2) is 13.8 Å². The molecule has 1 unspecified atom stereocenters. The molecule has 2 aromatic carbocycles. The molecule has 0 bridgehead atoms. The molecule has 0 aliphatic carbocycles. The lowest BCUT2D eigenvalue weighted by Crippen LogP contribution is -2.45. The van der Waals surface area contributed by atoms with Gasteiger partial charge in [-0.2, -0.15) is 5.26 Å². The number of hydrogen-bond donors (Lipinski definition) is 5. The molecule has 4 rings (SSSR count). The molecule has 1 atom stereocenters. The van der Waals surface area contributed by atoms with Crippen molar-refractivity contribution in [1.82, 2.24) is 14.9 Å². The normalized spacial score (nSPS) is 14.2. The fraction of sp³-hybridized carbons (Fsp3) is 0.167. The summed E-state index contributed by atoms with van der Waals surface area (Å²) in [6.07, 6.45) is 2.71. The van der Waals surface area contributed by atoms with Crippen molar-refractivity contribution in [3.8, 4) is 11.9 Å². The van der Waals surface area contributed by atoms with E-state index >= 15 is 0 Å². The van der Waals surface area contributed by atoms with E-state index in [2.05, 4.69) is 15.3 Å². The summed E-state index contributed by atoms with van der Waals surface area (Å²) < 4.78 is 15.1. The Morgan fingerprint density at radius 2 is 1.94 bits per heavy atom. The largest absolute Gasteiger partial charge is 0.493 e. The second kappa shape index (κ2) is 10.2. The Hall–Kier alpha value is -4.24. The summed E-state index contributed by atoms with van der Waals surface area (Å²) in [4.78, 5) is 32.5. The molecule has 36 heavy (non-hydrogen) atoms. The van der Waals surface area contributed by atoms with Crippen LogP contribution >= 0.6 is 11.6 Å². The smallest absolute Gasteiger partial charge is 0.329 e. The van der Waals surface area contributed by atoms with Crippen LogP contribution in [0.4, 0.5) is 10.1 Å². The molecule has 0 fully saturated rings. The number of nitrogens with zero attached hydrogens (tertiary/aromatic N) is 3. The first-order valence-electron chi connectivity index (χ1n) is 10.6. The zero-order valence-electron chi connectivity index (χ0n) is 18.4. The highest BCUT2D eigenvalue weighted by atomic mass is 35.5. The number of halogens is 2. The number of hydrogen-bond acceptors (Lipinski definition) is 7. The molecule has 1 amide bonds. The molecular formula is C24H19ClFN5O5. The van der Waals surface area contributed by atoms with Gasteiger partial charge in [-0.15, -0.1) is 0 Å². The fourth-order valence-corrected chi connectivity index (χ4v) is 3.91. The van der Waals surface area contributed by atoms with Gasteiger partial charge in [-0.1, -0.05) is 29.8 Å². The SMILES string of the molecule is N#Cc1ccc(C(C(=O)NC(CO)CO)n2c(O)c(C=C3C=Nc4c3ccc(Cl)c4F)[nH]c2=O)cc1. The molecule has 3 aromatic rings. The third-order valence-electron chi connectivity index (χ3n) is 5.59. The first kappa shape index (κ1) is 24.9. The van der Waals surface area contributed by atoms with Gasteiger partial charge in [0.05, 0.1) is 35.9 Å². The van der Waals surface area contributed by atoms with Crippen molar-refractivity contribution in [2.24, 2.45) is 4.99 Å². The zero-order chi connectivity index (χ0) is 26.0. The number of H-pyrrole nitrogens is 1. The number of nitrogens with one attached hydrogen (secondary N) is 2. The number of amides is 1. The number of carbonyl (C=O) groups excluding carboxylic acids is 1. The minimum atomic E-state index is -1.42. The number of aromatic amines is 1. The van der Waals surface area contributed by atoms with E-state index in [1.165, 1.54) is 42.6 Å². The van der Waals surface area contributed by atoms with E-state index in [4.69, 9.17) is 16.9 Å². The summed E-state index contributed by atoms with van der Waals surface area (Å²) >= 11 is 5.80. The number of benzene rings is 2. The number of carbonyl (C=O) groups is 1.